The molecule has 0 radical (unpaired) electrons. The fourth-order valence-electron chi connectivity index (χ4n) is 3.00. The molecular weight excluding hydrogens is 240 g/mol. The van der Waals surface area contributed by atoms with Gasteiger partial charge in [-0.25, -0.2) is 0 Å². The third-order valence-corrected chi connectivity index (χ3v) is 4.08. The Hall–Kier alpha value is -0.610. The Bertz CT molecular complexity index is 279. The highest BCUT2D eigenvalue weighted by molar-refractivity contribution is 5.76. The maximum absolute atomic E-state index is 11.5. The molecule has 112 valence electrons. The second-order valence-electron chi connectivity index (χ2n) is 6.54. The molecule has 4 heteroatoms. The first-order chi connectivity index (χ1) is 8.94. The molecule has 1 aliphatic rings. The van der Waals surface area contributed by atoms with Gasteiger partial charge in [0.1, 0.15) is 0 Å². The lowest BCUT2D eigenvalue weighted by atomic mass is 9.70. The summed E-state index contributed by atoms with van der Waals surface area (Å²) < 4.78 is 4.90. The Morgan fingerprint density at radius 3 is 2.74 bits per heavy atom. The number of hydrogen-bond acceptors (Lipinski definition) is 3. The number of rotatable bonds is 7. The number of carbonyl (C=O) groups excluding carboxylic acids is 1. The van der Waals surface area contributed by atoms with Crippen molar-refractivity contribution in [2.24, 2.45) is 11.3 Å². The zero-order valence-corrected chi connectivity index (χ0v) is 12.9. The van der Waals surface area contributed by atoms with E-state index in [0.29, 0.717) is 36.9 Å². The first-order valence-electron chi connectivity index (χ1n) is 7.43. The molecule has 1 saturated carbocycles. The van der Waals surface area contributed by atoms with E-state index < -0.39 is 0 Å². The maximum Gasteiger partial charge on any atom is 0.221 e. The van der Waals surface area contributed by atoms with Crippen LogP contribution in [0.1, 0.15) is 46.5 Å². The SMILES string of the molecule is COCCNC(=O)CCNC1CCC(C)(C)CC1C. The van der Waals surface area contributed by atoms with Crippen molar-refractivity contribution in [3.8, 4) is 0 Å². The molecule has 2 unspecified atom stereocenters. The minimum Gasteiger partial charge on any atom is -0.383 e. The van der Waals surface area contributed by atoms with E-state index in [1.807, 2.05) is 0 Å². The highest BCUT2D eigenvalue weighted by Gasteiger charge is 2.31. The van der Waals surface area contributed by atoms with Crippen LogP contribution >= 0.6 is 0 Å². The van der Waals surface area contributed by atoms with E-state index in [0.717, 1.165) is 6.54 Å². The first-order valence-corrected chi connectivity index (χ1v) is 7.43. The van der Waals surface area contributed by atoms with Crippen molar-refractivity contribution in [3.63, 3.8) is 0 Å². The number of hydrogen-bond donors (Lipinski definition) is 2. The van der Waals surface area contributed by atoms with Crippen LogP contribution in [-0.4, -0.2) is 38.8 Å². The zero-order chi connectivity index (χ0) is 14.3. The molecule has 0 aliphatic heterocycles. The highest BCUT2D eigenvalue weighted by Crippen LogP contribution is 2.38. The molecule has 0 aromatic rings. The molecule has 1 fully saturated rings. The second kappa shape index (κ2) is 7.85. The molecule has 0 bridgehead atoms. The van der Waals surface area contributed by atoms with Gasteiger partial charge in [0.05, 0.1) is 6.61 Å². The minimum absolute atomic E-state index is 0.105. The van der Waals surface area contributed by atoms with Gasteiger partial charge >= 0.3 is 0 Å². The first kappa shape index (κ1) is 16.4. The van der Waals surface area contributed by atoms with Crippen molar-refractivity contribution >= 4 is 5.91 Å². The molecule has 4 nitrogen and oxygen atoms in total. The average Bonchev–Trinajstić information content (AvgIpc) is 2.31. The third kappa shape index (κ3) is 6.39. The Morgan fingerprint density at radius 2 is 2.11 bits per heavy atom. The van der Waals surface area contributed by atoms with Gasteiger partial charge in [0.25, 0.3) is 0 Å². The zero-order valence-electron chi connectivity index (χ0n) is 12.9. The standard InChI is InChI=1S/C15H30N2O2/c1-12-11-15(2,3)7-5-13(12)16-8-6-14(18)17-9-10-19-4/h12-13,16H,5-11H2,1-4H3,(H,17,18). The predicted molar refractivity (Wildman–Crippen MR) is 78.1 cm³/mol. The lowest BCUT2D eigenvalue weighted by molar-refractivity contribution is -0.121. The molecule has 0 spiro atoms. The molecule has 2 N–H and O–H groups in total. The monoisotopic (exact) mass is 270 g/mol. The Balaban J connectivity index is 2.14. The van der Waals surface area contributed by atoms with Crippen molar-refractivity contribution in [1.82, 2.24) is 10.6 Å². The van der Waals surface area contributed by atoms with E-state index in [4.69, 9.17) is 4.74 Å². The fraction of sp³-hybridized carbons (Fsp3) is 0.933. The van der Waals surface area contributed by atoms with Crippen molar-refractivity contribution in [1.29, 1.82) is 0 Å². The summed E-state index contributed by atoms with van der Waals surface area (Å²) in [5.74, 6) is 0.800. The molecule has 0 aromatic carbocycles. The van der Waals surface area contributed by atoms with Crippen LogP contribution in [0.3, 0.4) is 0 Å². The fourth-order valence-corrected chi connectivity index (χ4v) is 3.00. The summed E-state index contributed by atoms with van der Waals surface area (Å²) in [6.45, 7) is 8.97. The Kier molecular flexibility index (Phi) is 6.80. The summed E-state index contributed by atoms with van der Waals surface area (Å²) in [6, 6.07) is 0.569. The number of ether oxygens (including phenoxy) is 1. The Morgan fingerprint density at radius 1 is 1.37 bits per heavy atom. The van der Waals surface area contributed by atoms with Crippen LogP contribution in [0, 0.1) is 11.3 Å². The van der Waals surface area contributed by atoms with Gasteiger partial charge in [0.2, 0.25) is 5.91 Å². The molecular formula is C15H30N2O2. The van der Waals surface area contributed by atoms with Gasteiger partial charge in [-0.1, -0.05) is 20.8 Å². The van der Waals surface area contributed by atoms with Crippen LogP contribution in [0.15, 0.2) is 0 Å². The second-order valence-corrected chi connectivity index (χ2v) is 6.54. The summed E-state index contributed by atoms with van der Waals surface area (Å²) in [7, 11) is 1.64. The number of carbonyl (C=O) groups is 1. The minimum atomic E-state index is 0.105. The van der Waals surface area contributed by atoms with Crippen molar-refractivity contribution in [3.05, 3.63) is 0 Å². The van der Waals surface area contributed by atoms with Crippen LogP contribution in [0.4, 0.5) is 0 Å². The lowest BCUT2D eigenvalue weighted by Crippen LogP contribution is -2.43. The molecule has 1 aliphatic carbocycles. The highest BCUT2D eigenvalue weighted by atomic mass is 16.5. The van der Waals surface area contributed by atoms with E-state index in [1.54, 1.807) is 7.11 Å². The summed E-state index contributed by atoms with van der Waals surface area (Å²) >= 11 is 0. The molecule has 19 heavy (non-hydrogen) atoms. The van der Waals surface area contributed by atoms with E-state index in [9.17, 15) is 4.79 Å². The summed E-state index contributed by atoms with van der Waals surface area (Å²) in [5.41, 5.74) is 0.481. The molecule has 2 atom stereocenters. The Labute approximate surface area is 117 Å². The predicted octanol–water partition coefficient (Wildman–Crippen LogP) is 1.94. The van der Waals surface area contributed by atoms with Crippen LogP contribution < -0.4 is 10.6 Å². The lowest BCUT2D eigenvalue weighted by Gasteiger charge is -2.39. The summed E-state index contributed by atoms with van der Waals surface area (Å²) in [6.07, 6.45) is 4.32. The van der Waals surface area contributed by atoms with Gasteiger partial charge in [-0.15, -0.1) is 0 Å². The van der Waals surface area contributed by atoms with Crippen LogP contribution in [0.25, 0.3) is 0 Å². The molecule has 0 heterocycles. The van der Waals surface area contributed by atoms with Crippen molar-refractivity contribution in [2.75, 3.05) is 26.8 Å². The normalized spacial score (nSPS) is 26.1. The number of nitrogens with one attached hydrogen (secondary N) is 2. The maximum atomic E-state index is 11.5. The van der Waals surface area contributed by atoms with E-state index >= 15 is 0 Å². The van der Waals surface area contributed by atoms with Gasteiger partial charge in [0.15, 0.2) is 0 Å². The third-order valence-electron chi connectivity index (χ3n) is 4.08. The number of methoxy groups -OCH3 is 1. The van der Waals surface area contributed by atoms with Crippen LogP contribution in [0.2, 0.25) is 0 Å². The van der Waals surface area contributed by atoms with Gasteiger partial charge in [-0.3, -0.25) is 4.79 Å². The smallest absolute Gasteiger partial charge is 0.221 e. The van der Waals surface area contributed by atoms with Crippen molar-refractivity contribution in [2.45, 2.75) is 52.5 Å². The van der Waals surface area contributed by atoms with Gasteiger partial charge in [-0.05, 0) is 30.6 Å². The number of amides is 1. The van der Waals surface area contributed by atoms with Crippen molar-refractivity contribution < 1.29 is 9.53 Å². The van der Waals surface area contributed by atoms with Gasteiger partial charge in [0, 0.05) is 32.7 Å². The topological polar surface area (TPSA) is 50.4 Å². The van der Waals surface area contributed by atoms with Crippen LogP contribution in [-0.2, 0) is 9.53 Å². The summed E-state index contributed by atoms with van der Waals surface area (Å²) in [5, 5.41) is 6.38. The van der Waals surface area contributed by atoms with E-state index in [1.165, 1.54) is 19.3 Å². The molecule has 1 rings (SSSR count). The average molecular weight is 270 g/mol. The largest absolute Gasteiger partial charge is 0.383 e. The molecule has 0 saturated heterocycles. The molecule has 0 aromatic heterocycles. The summed E-state index contributed by atoms with van der Waals surface area (Å²) in [4.78, 5) is 11.5. The molecule has 1 amide bonds. The van der Waals surface area contributed by atoms with Gasteiger partial charge in [-0.2, -0.15) is 0 Å². The quantitative estimate of drug-likeness (QED) is 0.695. The van der Waals surface area contributed by atoms with Crippen LogP contribution in [0.5, 0.6) is 0 Å². The van der Waals surface area contributed by atoms with E-state index in [2.05, 4.69) is 31.4 Å². The van der Waals surface area contributed by atoms with Gasteiger partial charge < -0.3 is 15.4 Å². The van der Waals surface area contributed by atoms with E-state index in [-0.39, 0.29) is 5.91 Å².